The number of aromatic nitrogens is 4. The van der Waals surface area contributed by atoms with E-state index in [1.807, 2.05) is 24.1 Å². The summed E-state index contributed by atoms with van der Waals surface area (Å²) in [6.07, 6.45) is 9.40. The van der Waals surface area contributed by atoms with Gasteiger partial charge in [-0.15, -0.1) is 0 Å². The van der Waals surface area contributed by atoms with Crippen LogP contribution >= 0.6 is 0 Å². The van der Waals surface area contributed by atoms with Crippen LogP contribution in [0.5, 0.6) is 0 Å². The van der Waals surface area contributed by atoms with Crippen molar-refractivity contribution in [2.75, 3.05) is 0 Å². The summed E-state index contributed by atoms with van der Waals surface area (Å²) in [6, 6.07) is 2.80. The van der Waals surface area contributed by atoms with Gasteiger partial charge in [0.1, 0.15) is 5.82 Å². The molecule has 2 aromatic rings. The third-order valence-corrected chi connectivity index (χ3v) is 3.46. The van der Waals surface area contributed by atoms with Crippen molar-refractivity contribution >= 4 is 0 Å². The summed E-state index contributed by atoms with van der Waals surface area (Å²) in [5.74, 6) is 1.13. The molecule has 5 heteroatoms. The lowest BCUT2D eigenvalue weighted by atomic mass is 10.3. The minimum atomic E-state index is 0.729. The second-order valence-corrected chi connectivity index (χ2v) is 4.89. The van der Waals surface area contributed by atoms with Crippen molar-refractivity contribution < 1.29 is 0 Å². The van der Waals surface area contributed by atoms with E-state index in [1.165, 1.54) is 18.5 Å². The maximum absolute atomic E-state index is 4.42. The molecule has 0 unspecified atom stereocenters. The highest BCUT2D eigenvalue weighted by Gasteiger charge is 2.20. The predicted octanol–water partition coefficient (Wildman–Crippen LogP) is 1.11. The van der Waals surface area contributed by atoms with Crippen molar-refractivity contribution in [3.05, 3.63) is 36.2 Å². The molecule has 0 radical (unpaired) electrons. The smallest absolute Gasteiger partial charge is 0.122 e. The topological polar surface area (TPSA) is 47.7 Å². The molecule has 96 valence electrons. The van der Waals surface area contributed by atoms with Crippen molar-refractivity contribution in [3.63, 3.8) is 0 Å². The second kappa shape index (κ2) is 4.94. The van der Waals surface area contributed by atoms with Gasteiger partial charge in [-0.3, -0.25) is 4.68 Å². The highest BCUT2D eigenvalue weighted by molar-refractivity contribution is 5.01. The third-order valence-electron chi connectivity index (χ3n) is 3.46. The number of rotatable bonds is 6. The zero-order valence-electron chi connectivity index (χ0n) is 10.7. The molecule has 18 heavy (non-hydrogen) atoms. The minimum Gasteiger partial charge on any atom is -0.333 e. The van der Waals surface area contributed by atoms with Crippen LogP contribution in [0.25, 0.3) is 0 Å². The quantitative estimate of drug-likeness (QED) is 0.829. The van der Waals surface area contributed by atoms with Gasteiger partial charge in [-0.2, -0.15) is 5.10 Å². The van der Waals surface area contributed by atoms with Gasteiger partial charge in [0.25, 0.3) is 0 Å². The Balaban J connectivity index is 1.58. The van der Waals surface area contributed by atoms with Gasteiger partial charge in [-0.1, -0.05) is 0 Å². The van der Waals surface area contributed by atoms with E-state index < -0.39 is 0 Å². The summed E-state index contributed by atoms with van der Waals surface area (Å²) in [7, 11) is 1.98. The Kier molecular flexibility index (Phi) is 3.15. The van der Waals surface area contributed by atoms with Crippen LogP contribution in [-0.2, 0) is 26.6 Å². The lowest BCUT2D eigenvalue weighted by Crippen LogP contribution is -2.19. The molecule has 0 spiro atoms. The zero-order valence-corrected chi connectivity index (χ0v) is 10.7. The van der Waals surface area contributed by atoms with Crippen LogP contribution in [-0.4, -0.2) is 25.4 Å². The summed E-state index contributed by atoms with van der Waals surface area (Å²) in [5, 5.41) is 7.69. The number of hydrogen-bond donors (Lipinski definition) is 1. The first-order valence-corrected chi connectivity index (χ1v) is 6.53. The van der Waals surface area contributed by atoms with E-state index in [2.05, 4.69) is 32.2 Å². The van der Waals surface area contributed by atoms with Gasteiger partial charge in [0.05, 0.1) is 6.54 Å². The molecule has 0 saturated heterocycles. The first-order valence-electron chi connectivity index (χ1n) is 6.53. The van der Waals surface area contributed by atoms with Gasteiger partial charge < -0.3 is 9.88 Å². The first-order chi connectivity index (χ1) is 8.83. The average molecular weight is 245 g/mol. The molecular formula is C13H19N5. The Hall–Kier alpha value is -1.62. The molecule has 0 bridgehead atoms. The van der Waals surface area contributed by atoms with Gasteiger partial charge in [-0.25, -0.2) is 4.98 Å². The summed E-state index contributed by atoms with van der Waals surface area (Å²) in [4.78, 5) is 4.42. The lowest BCUT2D eigenvalue weighted by molar-refractivity contribution is 0.578. The molecule has 0 aliphatic heterocycles. The minimum absolute atomic E-state index is 0.729. The molecule has 1 fully saturated rings. The summed E-state index contributed by atoms with van der Waals surface area (Å²) >= 11 is 0. The first kappa shape index (κ1) is 11.5. The molecule has 1 aliphatic rings. The van der Waals surface area contributed by atoms with Crippen LogP contribution in [0, 0.1) is 0 Å². The van der Waals surface area contributed by atoms with Crippen molar-refractivity contribution in [3.8, 4) is 0 Å². The van der Waals surface area contributed by atoms with E-state index in [9.17, 15) is 0 Å². The molecule has 0 atom stereocenters. The van der Waals surface area contributed by atoms with Crippen molar-refractivity contribution in [1.29, 1.82) is 0 Å². The largest absolute Gasteiger partial charge is 0.333 e. The van der Waals surface area contributed by atoms with E-state index in [0.717, 1.165) is 31.4 Å². The van der Waals surface area contributed by atoms with Crippen LogP contribution in [0.3, 0.4) is 0 Å². The number of nitrogens with one attached hydrogen (secondary N) is 1. The fourth-order valence-corrected chi connectivity index (χ4v) is 2.12. The monoisotopic (exact) mass is 245 g/mol. The van der Waals surface area contributed by atoms with E-state index in [1.54, 1.807) is 0 Å². The zero-order chi connectivity index (χ0) is 12.4. The Morgan fingerprint density at radius 1 is 1.39 bits per heavy atom. The van der Waals surface area contributed by atoms with Gasteiger partial charge >= 0.3 is 0 Å². The summed E-state index contributed by atoms with van der Waals surface area (Å²) < 4.78 is 4.15. The molecule has 3 rings (SSSR count). The molecule has 5 nitrogen and oxygen atoms in total. The standard InChI is InChI=1S/C13H19N5/c1-17-12(4-6-16-17)5-8-18-9-7-14-13(18)10-15-11-2-3-11/h4,6-7,9,11,15H,2-3,5,8,10H2,1H3. The van der Waals surface area contributed by atoms with Crippen LogP contribution in [0.15, 0.2) is 24.7 Å². The van der Waals surface area contributed by atoms with Crippen molar-refractivity contribution in [1.82, 2.24) is 24.6 Å². The molecule has 1 saturated carbocycles. The second-order valence-electron chi connectivity index (χ2n) is 4.89. The highest BCUT2D eigenvalue weighted by Crippen LogP contribution is 2.19. The van der Waals surface area contributed by atoms with Crippen molar-refractivity contribution in [2.24, 2.45) is 7.05 Å². The third kappa shape index (κ3) is 2.61. The van der Waals surface area contributed by atoms with Gasteiger partial charge in [-0.05, 0) is 18.9 Å². The van der Waals surface area contributed by atoms with Crippen LogP contribution in [0.1, 0.15) is 24.4 Å². The van der Waals surface area contributed by atoms with Gasteiger partial charge in [0.2, 0.25) is 0 Å². The van der Waals surface area contributed by atoms with E-state index >= 15 is 0 Å². The Bertz CT molecular complexity index is 509. The highest BCUT2D eigenvalue weighted by atomic mass is 15.3. The van der Waals surface area contributed by atoms with Crippen molar-refractivity contribution in [2.45, 2.75) is 38.4 Å². The van der Waals surface area contributed by atoms with E-state index in [0.29, 0.717) is 0 Å². The fourth-order valence-electron chi connectivity index (χ4n) is 2.12. The summed E-state index contributed by atoms with van der Waals surface area (Å²) in [5.41, 5.74) is 1.25. The SMILES string of the molecule is Cn1nccc1CCn1ccnc1CNC1CC1. The lowest BCUT2D eigenvalue weighted by Gasteiger charge is -2.08. The number of nitrogens with zero attached hydrogens (tertiary/aromatic N) is 4. The maximum Gasteiger partial charge on any atom is 0.122 e. The van der Waals surface area contributed by atoms with Gasteiger partial charge in [0, 0.05) is 50.3 Å². The normalized spacial score (nSPS) is 15.2. The molecule has 1 N–H and O–H groups in total. The molecule has 2 aromatic heterocycles. The molecular weight excluding hydrogens is 226 g/mol. The molecule has 1 aliphatic carbocycles. The number of aryl methyl sites for hydroxylation is 3. The van der Waals surface area contributed by atoms with Crippen LogP contribution in [0.4, 0.5) is 0 Å². The number of imidazole rings is 1. The Labute approximate surface area is 107 Å². The molecule has 0 aromatic carbocycles. The Morgan fingerprint density at radius 3 is 3.00 bits per heavy atom. The molecule has 0 amide bonds. The van der Waals surface area contributed by atoms with Crippen LogP contribution < -0.4 is 5.32 Å². The number of hydrogen-bond acceptors (Lipinski definition) is 3. The Morgan fingerprint density at radius 2 is 2.28 bits per heavy atom. The van der Waals surface area contributed by atoms with Crippen LogP contribution in [0.2, 0.25) is 0 Å². The fraction of sp³-hybridized carbons (Fsp3) is 0.538. The molecule has 2 heterocycles. The van der Waals surface area contributed by atoms with E-state index in [4.69, 9.17) is 0 Å². The maximum atomic E-state index is 4.42. The predicted molar refractivity (Wildman–Crippen MR) is 69.0 cm³/mol. The van der Waals surface area contributed by atoms with E-state index in [-0.39, 0.29) is 0 Å². The van der Waals surface area contributed by atoms with Gasteiger partial charge in [0.15, 0.2) is 0 Å². The summed E-state index contributed by atoms with van der Waals surface area (Å²) in [6.45, 7) is 1.84. The average Bonchev–Trinajstić information content (AvgIpc) is 2.94.